The standard InChI is InChI=1S/C19H20N2O4S/c22-19(18-14-15-6-4-5-9-17(15)25-18)20-10-12-21(13-11-20)26(23,24)16-7-2-1-3-8-16/h1-9,18H,10-14H2/t18-/m1/s1. The van der Waals surface area contributed by atoms with Gasteiger partial charge in [0.05, 0.1) is 4.90 Å². The zero-order chi connectivity index (χ0) is 18.1. The maximum absolute atomic E-state index is 12.7. The molecular weight excluding hydrogens is 352 g/mol. The average molecular weight is 372 g/mol. The van der Waals surface area contributed by atoms with E-state index in [1.165, 1.54) is 4.31 Å². The summed E-state index contributed by atoms with van der Waals surface area (Å²) in [6.45, 7) is 1.34. The van der Waals surface area contributed by atoms with E-state index in [2.05, 4.69) is 0 Å². The lowest BCUT2D eigenvalue weighted by molar-refractivity contribution is -0.139. The van der Waals surface area contributed by atoms with Gasteiger partial charge in [-0.15, -0.1) is 0 Å². The van der Waals surface area contributed by atoms with Gasteiger partial charge in [0.1, 0.15) is 5.75 Å². The Morgan fingerprint density at radius 1 is 0.923 bits per heavy atom. The Kier molecular flexibility index (Phi) is 4.42. The molecule has 1 fully saturated rings. The number of carbonyl (C=O) groups is 1. The highest BCUT2D eigenvalue weighted by molar-refractivity contribution is 7.89. The third kappa shape index (κ3) is 3.08. The molecular formula is C19H20N2O4S. The van der Waals surface area contributed by atoms with Gasteiger partial charge in [-0.25, -0.2) is 8.42 Å². The van der Waals surface area contributed by atoms with E-state index in [0.29, 0.717) is 32.6 Å². The summed E-state index contributed by atoms with van der Waals surface area (Å²) in [4.78, 5) is 14.7. The topological polar surface area (TPSA) is 66.9 Å². The van der Waals surface area contributed by atoms with Crippen molar-refractivity contribution in [1.29, 1.82) is 0 Å². The zero-order valence-corrected chi connectivity index (χ0v) is 15.1. The van der Waals surface area contributed by atoms with Crippen molar-refractivity contribution < 1.29 is 17.9 Å². The highest BCUT2D eigenvalue weighted by Crippen LogP contribution is 2.29. The molecule has 1 saturated heterocycles. The van der Waals surface area contributed by atoms with E-state index in [4.69, 9.17) is 4.74 Å². The van der Waals surface area contributed by atoms with E-state index in [-0.39, 0.29) is 10.8 Å². The Hall–Kier alpha value is -2.38. The zero-order valence-electron chi connectivity index (χ0n) is 14.2. The molecule has 0 radical (unpaired) electrons. The van der Waals surface area contributed by atoms with Crippen LogP contribution in [0.15, 0.2) is 59.5 Å². The molecule has 0 aromatic heterocycles. The molecule has 4 rings (SSSR count). The summed E-state index contributed by atoms with van der Waals surface area (Å²) in [6.07, 6.45) is 0.0574. The van der Waals surface area contributed by atoms with Crippen LogP contribution in [0.2, 0.25) is 0 Å². The third-order valence-electron chi connectivity index (χ3n) is 4.85. The molecule has 2 heterocycles. The van der Waals surface area contributed by atoms with Crippen molar-refractivity contribution in [2.24, 2.45) is 0 Å². The number of benzene rings is 2. The molecule has 2 aliphatic heterocycles. The lowest BCUT2D eigenvalue weighted by Gasteiger charge is -2.35. The van der Waals surface area contributed by atoms with E-state index in [9.17, 15) is 13.2 Å². The van der Waals surface area contributed by atoms with Gasteiger partial charge in [-0.1, -0.05) is 36.4 Å². The number of nitrogens with zero attached hydrogens (tertiary/aromatic N) is 2. The van der Waals surface area contributed by atoms with Crippen LogP contribution in [-0.4, -0.2) is 55.8 Å². The number of piperazine rings is 1. The molecule has 1 amide bonds. The van der Waals surface area contributed by atoms with Crippen LogP contribution in [0.3, 0.4) is 0 Å². The summed E-state index contributed by atoms with van der Waals surface area (Å²) in [5.74, 6) is 0.689. The molecule has 2 aromatic rings. The fraction of sp³-hybridized carbons (Fsp3) is 0.316. The predicted molar refractivity (Wildman–Crippen MR) is 96.3 cm³/mol. The summed E-state index contributed by atoms with van der Waals surface area (Å²) < 4.78 is 32.5. The molecule has 0 bridgehead atoms. The van der Waals surface area contributed by atoms with Crippen molar-refractivity contribution >= 4 is 15.9 Å². The fourth-order valence-electron chi connectivity index (χ4n) is 3.41. The van der Waals surface area contributed by atoms with Crippen molar-refractivity contribution in [2.45, 2.75) is 17.4 Å². The van der Waals surface area contributed by atoms with Crippen LogP contribution in [0, 0.1) is 0 Å². The Morgan fingerprint density at radius 3 is 2.27 bits per heavy atom. The van der Waals surface area contributed by atoms with Gasteiger partial charge in [-0.05, 0) is 23.8 Å². The first kappa shape index (κ1) is 17.1. The molecule has 0 N–H and O–H groups in total. The Labute approximate surface area is 153 Å². The summed E-state index contributed by atoms with van der Waals surface area (Å²) in [6, 6.07) is 16.0. The maximum Gasteiger partial charge on any atom is 0.264 e. The molecule has 0 unspecified atom stereocenters. The summed E-state index contributed by atoms with van der Waals surface area (Å²) in [5.41, 5.74) is 1.04. The molecule has 7 heteroatoms. The van der Waals surface area contributed by atoms with Crippen molar-refractivity contribution in [1.82, 2.24) is 9.21 Å². The van der Waals surface area contributed by atoms with Crippen molar-refractivity contribution in [3.63, 3.8) is 0 Å². The van der Waals surface area contributed by atoms with E-state index in [1.807, 2.05) is 24.3 Å². The van der Waals surface area contributed by atoms with Gasteiger partial charge in [0, 0.05) is 32.6 Å². The molecule has 0 aliphatic carbocycles. The summed E-state index contributed by atoms with van der Waals surface area (Å²) in [7, 11) is -3.51. The van der Waals surface area contributed by atoms with Gasteiger partial charge in [-0.2, -0.15) is 4.31 Å². The quantitative estimate of drug-likeness (QED) is 0.819. The highest BCUT2D eigenvalue weighted by Gasteiger charge is 2.35. The predicted octanol–water partition coefficient (Wildman–Crippen LogP) is 1.52. The monoisotopic (exact) mass is 372 g/mol. The number of fused-ring (bicyclic) bond motifs is 1. The summed E-state index contributed by atoms with van der Waals surface area (Å²) in [5, 5.41) is 0. The number of para-hydroxylation sites is 1. The minimum Gasteiger partial charge on any atom is -0.480 e. The molecule has 6 nitrogen and oxygen atoms in total. The Balaban J connectivity index is 1.39. The maximum atomic E-state index is 12.7. The Bertz CT molecular complexity index is 881. The van der Waals surface area contributed by atoms with Gasteiger partial charge >= 0.3 is 0 Å². The van der Waals surface area contributed by atoms with E-state index >= 15 is 0 Å². The summed E-state index contributed by atoms with van der Waals surface area (Å²) >= 11 is 0. The number of amides is 1. The van der Waals surface area contributed by atoms with Gasteiger partial charge in [-0.3, -0.25) is 4.79 Å². The van der Waals surface area contributed by atoms with E-state index < -0.39 is 16.1 Å². The first-order valence-corrected chi connectivity index (χ1v) is 10.1. The van der Waals surface area contributed by atoms with Gasteiger partial charge in [0.25, 0.3) is 5.91 Å². The van der Waals surface area contributed by atoms with E-state index in [0.717, 1.165) is 11.3 Å². The van der Waals surface area contributed by atoms with Gasteiger partial charge < -0.3 is 9.64 Å². The van der Waals surface area contributed by atoms with Crippen molar-refractivity contribution in [3.8, 4) is 5.75 Å². The average Bonchev–Trinajstić information content (AvgIpc) is 3.12. The van der Waals surface area contributed by atoms with Gasteiger partial charge in [0.2, 0.25) is 10.0 Å². The second-order valence-electron chi connectivity index (χ2n) is 6.46. The number of hydrogen-bond donors (Lipinski definition) is 0. The number of ether oxygens (including phenoxy) is 1. The number of rotatable bonds is 3. The third-order valence-corrected chi connectivity index (χ3v) is 6.77. The SMILES string of the molecule is O=C([C@H]1Cc2ccccc2O1)N1CCN(S(=O)(=O)c2ccccc2)CC1. The Morgan fingerprint density at radius 2 is 1.58 bits per heavy atom. The lowest BCUT2D eigenvalue weighted by Crippen LogP contribution is -2.53. The molecule has 2 aromatic carbocycles. The largest absolute Gasteiger partial charge is 0.480 e. The van der Waals surface area contributed by atoms with Crippen molar-refractivity contribution in [3.05, 3.63) is 60.2 Å². The smallest absolute Gasteiger partial charge is 0.264 e. The first-order chi connectivity index (χ1) is 12.6. The molecule has 26 heavy (non-hydrogen) atoms. The highest BCUT2D eigenvalue weighted by atomic mass is 32.2. The van der Waals surface area contributed by atoms with Crippen LogP contribution in [-0.2, 0) is 21.2 Å². The normalized spacial score (nSPS) is 20.5. The van der Waals surface area contributed by atoms with Crippen LogP contribution in [0.1, 0.15) is 5.56 Å². The van der Waals surface area contributed by atoms with Crippen LogP contribution in [0.25, 0.3) is 0 Å². The van der Waals surface area contributed by atoms with Crippen LogP contribution in [0.5, 0.6) is 5.75 Å². The number of hydrogen-bond acceptors (Lipinski definition) is 4. The molecule has 136 valence electrons. The second kappa shape index (κ2) is 6.74. The molecule has 2 aliphatic rings. The molecule has 1 atom stereocenters. The minimum absolute atomic E-state index is 0.0713. The lowest BCUT2D eigenvalue weighted by atomic mass is 10.1. The van der Waals surface area contributed by atoms with Gasteiger partial charge in [0.15, 0.2) is 6.10 Å². The molecule has 0 saturated carbocycles. The fourth-order valence-corrected chi connectivity index (χ4v) is 4.86. The van der Waals surface area contributed by atoms with Crippen molar-refractivity contribution in [2.75, 3.05) is 26.2 Å². The van der Waals surface area contributed by atoms with Crippen LogP contribution >= 0.6 is 0 Å². The van der Waals surface area contributed by atoms with E-state index in [1.54, 1.807) is 35.2 Å². The minimum atomic E-state index is -3.51. The number of sulfonamides is 1. The second-order valence-corrected chi connectivity index (χ2v) is 8.40. The number of carbonyl (C=O) groups excluding carboxylic acids is 1. The van der Waals surface area contributed by atoms with Crippen LogP contribution < -0.4 is 4.74 Å². The van der Waals surface area contributed by atoms with Crippen LogP contribution in [0.4, 0.5) is 0 Å². The first-order valence-electron chi connectivity index (χ1n) is 8.64. The molecule has 0 spiro atoms.